The van der Waals surface area contributed by atoms with Crippen LogP contribution in [0.15, 0.2) is 41.6 Å². The number of methoxy groups -OCH3 is 3. The molecular weight excluding hydrogens is 476 g/mol. The van der Waals surface area contributed by atoms with Crippen molar-refractivity contribution >= 4 is 17.6 Å². The van der Waals surface area contributed by atoms with Crippen molar-refractivity contribution in [2.45, 2.75) is 51.2 Å². The van der Waals surface area contributed by atoms with E-state index in [1.165, 1.54) is 7.11 Å². The van der Waals surface area contributed by atoms with E-state index < -0.39 is 17.9 Å². The monoisotopic (exact) mass is 512 g/mol. The van der Waals surface area contributed by atoms with Crippen LogP contribution in [0.3, 0.4) is 0 Å². The highest BCUT2D eigenvalue weighted by Gasteiger charge is 2.29. The molecule has 3 rings (SSSR count). The molecule has 1 aliphatic rings. The largest absolute Gasteiger partial charge is 0.496 e. The van der Waals surface area contributed by atoms with Crippen LogP contribution in [0.2, 0.25) is 0 Å². The predicted octanol–water partition coefficient (Wildman–Crippen LogP) is 4.21. The summed E-state index contributed by atoms with van der Waals surface area (Å²) in [6.07, 6.45) is 4.96. The molecule has 200 valence electrons. The van der Waals surface area contributed by atoms with Crippen molar-refractivity contribution in [2.24, 2.45) is 11.1 Å². The number of rotatable bonds is 12. The minimum Gasteiger partial charge on any atom is -0.496 e. The fraction of sp³-hybridized carbons (Fsp3) is 0.464. The quantitative estimate of drug-likeness (QED) is 0.323. The number of aliphatic carboxylic acids is 1. The molecule has 1 saturated carbocycles. The number of nitrogens with one attached hydrogen (secondary N) is 1. The standard InChI is InChI=1S/C28H36N2O7/c1-34-17-19-15-23(35-2)25(24(16-19)36-3)20-12-10-18(11-13-20)14-22(28(32)33)29-27(31)26(30-37-4)21-8-6-5-7-9-21/h10-13,15-16,21-22H,5-9,14,17H2,1-4H3,(H,29,31)(H,32,33)/b30-26-/t22-/m0/s1. The van der Waals surface area contributed by atoms with Crippen LogP contribution in [0.1, 0.15) is 43.2 Å². The van der Waals surface area contributed by atoms with Crippen LogP contribution in [-0.2, 0) is 32.2 Å². The minimum atomic E-state index is -1.12. The van der Waals surface area contributed by atoms with E-state index in [4.69, 9.17) is 19.0 Å². The normalized spacial score (nSPS) is 15.1. The zero-order valence-corrected chi connectivity index (χ0v) is 21.9. The Labute approximate surface area is 217 Å². The van der Waals surface area contributed by atoms with E-state index in [-0.39, 0.29) is 18.1 Å². The van der Waals surface area contributed by atoms with Gasteiger partial charge in [0, 0.05) is 19.4 Å². The van der Waals surface area contributed by atoms with Crippen molar-refractivity contribution < 1.29 is 33.7 Å². The van der Waals surface area contributed by atoms with Crippen LogP contribution in [0.4, 0.5) is 0 Å². The maximum atomic E-state index is 13.0. The molecule has 0 radical (unpaired) electrons. The number of carboxylic acid groups (broad SMARTS) is 1. The number of oxime groups is 1. The lowest BCUT2D eigenvalue weighted by molar-refractivity contribution is -0.141. The van der Waals surface area contributed by atoms with E-state index in [0.29, 0.717) is 18.1 Å². The first-order chi connectivity index (χ1) is 17.9. The Morgan fingerprint density at radius 2 is 1.59 bits per heavy atom. The summed E-state index contributed by atoms with van der Waals surface area (Å²) in [6.45, 7) is 0.422. The molecule has 0 aromatic heterocycles. The maximum absolute atomic E-state index is 13.0. The minimum absolute atomic E-state index is 0.0253. The van der Waals surface area contributed by atoms with Gasteiger partial charge in [-0.25, -0.2) is 4.79 Å². The second-order valence-corrected chi connectivity index (χ2v) is 9.07. The lowest BCUT2D eigenvalue weighted by Gasteiger charge is -2.23. The van der Waals surface area contributed by atoms with Crippen molar-refractivity contribution in [3.63, 3.8) is 0 Å². The zero-order valence-electron chi connectivity index (χ0n) is 21.9. The number of benzene rings is 2. The number of hydrogen-bond donors (Lipinski definition) is 2. The summed E-state index contributed by atoms with van der Waals surface area (Å²) in [6, 6.07) is 10.1. The van der Waals surface area contributed by atoms with E-state index in [2.05, 4.69) is 10.5 Å². The number of carboxylic acids is 1. The van der Waals surface area contributed by atoms with Gasteiger partial charge in [0.15, 0.2) is 0 Å². The predicted molar refractivity (Wildman–Crippen MR) is 140 cm³/mol. The van der Waals surface area contributed by atoms with E-state index in [9.17, 15) is 14.7 Å². The Morgan fingerprint density at radius 1 is 0.973 bits per heavy atom. The van der Waals surface area contributed by atoms with Gasteiger partial charge in [0.1, 0.15) is 30.4 Å². The molecule has 2 N–H and O–H groups in total. The number of ether oxygens (including phenoxy) is 3. The van der Waals surface area contributed by atoms with Gasteiger partial charge >= 0.3 is 5.97 Å². The highest BCUT2D eigenvalue weighted by Crippen LogP contribution is 2.40. The Bertz CT molecular complexity index is 1070. The molecule has 37 heavy (non-hydrogen) atoms. The maximum Gasteiger partial charge on any atom is 0.326 e. The van der Waals surface area contributed by atoms with Crippen molar-refractivity contribution in [3.8, 4) is 22.6 Å². The Hall–Kier alpha value is -3.59. The molecule has 0 saturated heterocycles. The summed E-state index contributed by atoms with van der Waals surface area (Å²) >= 11 is 0. The number of nitrogens with zero attached hydrogens (tertiary/aromatic N) is 1. The molecule has 0 spiro atoms. The van der Waals surface area contributed by atoms with Crippen LogP contribution < -0.4 is 14.8 Å². The average Bonchev–Trinajstić information content (AvgIpc) is 2.91. The van der Waals surface area contributed by atoms with E-state index >= 15 is 0 Å². The molecule has 9 heteroatoms. The second-order valence-electron chi connectivity index (χ2n) is 9.07. The SMILES string of the molecule is COCc1cc(OC)c(-c2ccc(C[C@H](NC(=O)/C(=N\OC)C3CCCCC3)C(=O)O)cc2)c(OC)c1. The van der Waals surface area contributed by atoms with E-state index in [1.807, 2.05) is 36.4 Å². The lowest BCUT2D eigenvalue weighted by Crippen LogP contribution is -2.47. The van der Waals surface area contributed by atoms with Crippen LogP contribution in [0, 0.1) is 5.92 Å². The summed E-state index contributed by atoms with van der Waals surface area (Å²) in [5, 5.41) is 16.4. The molecule has 1 fully saturated rings. The van der Waals surface area contributed by atoms with Gasteiger partial charge < -0.3 is 29.5 Å². The molecular formula is C28H36N2O7. The zero-order chi connectivity index (χ0) is 26.8. The van der Waals surface area contributed by atoms with Gasteiger partial charge in [0.05, 0.1) is 26.4 Å². The molecule has 1 amide bonds. The molecule has 1 aliphatic carbocycles. The summed E-state index contributed by atoms with van der Waals surface area (Å²) in [4.78, 5) is 29.9. The molecule has 0 unspecified atom stereocenters. The fourth-order valence-corrected chi connectivity index (χ4v) is 4.75. The van der Waals surface area contributed by atoms with E-state index in [0.717, 1.165) is 54.4 Å². The van der Waals surface area contributed by atoms with Gasteiger partial charge in [-0.15, -0.1) is 0 Å². The van der Waals surface area contributed by atoms with Gasteiger partial charge in [-0.05, 0) is 41.7 Å². The second kappa shape index (κ2) is 13.6. The molecule has 2 aromatic carbocycles. The van der Waals surface area contributed by atoms with Gasteiger partial charge in [-0.1, -0.05) is 48.7 Å². The Kier molecular flexibility index (Phi) is 10.3. The summed E-state index contributed by atoms with van der Waals surface area (Å²) in [7, 11) is 6.21. The Morgan fingerprint density at radius 3 is 2.11 bits per heavy atom. The third-order valence-corrected chi connectivity index (χ3v) is 6.58. The summed E-state index contributed by atoms with van der Waals surface area (Å²) in [5.74, 6) is -0.356. The van der Waals surface area contributed by atoms with Gasteiger partial charge in [-0.2, -0.15) is 0 Å². The van der Waals surface area contributed by atoms with Crippen LogP contribution >= 0.6 is 0 Å². The van der Waals surface area contributed by atoms with Crippen molar-refractivity contribution in [3.05, 3.63) is 47.5 Å². The number of carbonyl (C=O) groups excluding carboxylic acids is 1. The molecule has 0 heterocycles. The van der Waals surface area contributed by atoms with Crippen molar-refractivity contribution in [2.75, 3.05) is 28.4 Å². The van der Waals surface area contributed by atoms with Crippen LogP contribution in [-0.4, -0.2) is 57.2 Å². The van der Waals surface area contributed by atoms with Gasteiger partial charge in [-0.3, -0.25) is 4.79 Å². The summed E-state index contributed by atoms with van der Waals surface area (Å²) in [5.41, 5.74) is 3.57. The Balaban J connectivity index is 1.79. The number of carbonyl (C=O) groups is 2. The van der Waals surface area contributed by atoms with Crippen molar-refractivity contribution in [1.29, 1.82) is 0 Å². The first-order valence-corrected chi connectivity index (χ1v) is 12.4. The van der Waals surface area contributed by atoms with Crippen LogP contribution in [0.5, 0.6) is 11.5 Å². The molecule has 2 aromatic rings. The molecule has 1 atom stereocenters. The first kappa shape index (κ1) is 28.0. The van der Waals surface area contributed by atoms with Gasteiger partial charge in [0.2, 0.25) is 0 Å². The third-order valence-electron chi connectivity index (χ3n) is 6.58. The smallest absolute Gasteiger partial charge is 0.326 e. The highest BCUT2D eigenvalue weighted by molar-refractivity contribution is 6.39. The number of amides is 1. The fourth-order valence-electron chi connectivity index (χ4n) is 4.75. The highest BCUT2D eigenvalue weighted by atomic mass is 16.6. The summed E-state index contributed by atoms with van der Waals surface area (Å²) < 4.78 is 16.4. The molecule has 0 aliphatic heterocycles. The lowest BCUT2D eigenvalue weighted by atomic mass is 9.85. The van der Waals surface area contributed by atoms with E-state index in [1.54, 1.807) is 21.3 Å². The topological polar surface area (TPSA) is 116 Å². The first-order valence-electron chi connectivity index (χ1n) is 12.4. The van der Waals surface area contributed by atoms with Gasteiger partial charge in [0.25, 0.3) is 5.91 Å². The van der Waals surface area contributed by atoms with Crippen LogP contribution in [0.25, 0.3) is 11.1 Å². The third kappa shape index (κ3) is 7.22. The molecule has 0 bridgehead atoms. The molecule has 9 nitrogen and oxygen atoms in total. The number of hydrogen-bond acceptors (Lipinski definition) is 7. The average molecular weight is 513 g/mol. The van der Waals surface area contributed by atoms with Crippen molar-refractivity contribution in [1.82, 2.24) is 5.32 Å².